The number of carbonyl (C=O) groups excluding carboxylic acids is 2. The van der Waals surface area contributed by atoms with Crippen molar-refractivity contribution in [2.75, 3.05) is 6.61 Å². The molecule has 6 nitrogen and oxygen atoms in total. The highest BCUT2D eigenvalue weighted by molar-refractivity contribution is 6.47. The van der Waals surface area contributed by atoms with Gasteiger partial charge in [-0.15, -0.1) is 0 Å². The van der Waals surface area contributed by atoms with Crippen LogP contribution >= 0.6 is 0 Å². The Morgan fingerprint density at radius 1 is 1.31 bits per heavy atom. The molecule has 0 saturated heterocycles. The Morgan fingerprint density at radius 2 is 2.08 bits per heavy atom. The van der Waals surface area contributed by atoms with Crippen LogP contribution in [0, 0.1) is 5.92 Å². The zero-order valence-electron chi connectivity index (χ0n) is 15.2. The fourth-order valence-corrected chi connectivity index (χ4v) is 3.84. The Kier molecular flexibility index (Phi) is 6.19. The summed E-state index contributed by atoms with van der Waals surface area (Å²) in [7, 11) is -1.19. The molecule has 1 atom stereocenters. The molecule has 1 aliphatic heterocycles. The summed E-state index contributed by atoms with van der Waals surface area (Å²) in [6.45, 7) is 2.01. The molecule has 26 heavy (non-hydrogen) atoms. The lowest BCUT2D eigenvalue weighted by Crippen LogP contribution is -2.53. The average molecular weight is 359 g/mol. The predicted octanol–water partition coefficient (Wildman–Crippen LogP) is 2.27. The van der Waals surface area contributed by atoms with Gasteiger partial charge in [-0.25, -0.2) is 4.79 Å². The van der Waals surface area contributed by atoms with E-state index in [0.29, 0.717) is 30.1 Å². The minimum Gasteiger partial charge on any atom is -0.534 e. The van der Waals surface area contributed by atoms with Gasteiger partial charge >= 0.3 is 13.1 Å². The molecular weight excluding hydrogens is 333 g/mol. The standard InChI is InChI=1S/C19H26BNO5/c1-2-25-19(23)15-10-6-9-14-12-16(20(24)26-18(14)15)21-17(22)11-13-7-4-3-5-8-13/h6,9-10,13,16,24H,2-5,7-8,11-12H2,1H3,(H,21,22)/t16-/m0/s1. The van der Waals surface area contributed by atoms with Crippen LogP contribution in [0.1, 0.15) is 61.4 Å². The molecular formula is C19H26BNO5. The molecule has 140 valence electrons. The fraction of sp³-hybridized carbons (Fsp3) is 0.579. The third-order valence-electron chi connectivity index (χ3n) is 5.16. The average Bonchev–Trinajstić information content (AvgIpc) is 2.63. The fourth-order valence-electron chi connectivity index (χ4n) is 3.84. The van der Waals surface area contributed by atoms with Gasteiger partial charge in [-0.05, 0) is 43.7 Å². The van der Waals surface area contributed by atoms with Gasteiger partial charge < -0.3 is 19.7 Å². The second-order valence-electron chi connectivity index (χ2n) is 7.11. The highest BCUT2D eigenvalue weighted by Crippen LogP contribution is 2.31. The first-order valence-corrected chi connectivity index (χ1v) is 9.51. The largest absolute Gasteiger partial charge is 0.547 e. The summed E-state index contributed by atoms with van der Waals surface area (Å²) in [5.41, 5.74) is 1.08. The summed E-state index contributed by atoms with van der Waals surface area (Å²) in [6, 6.07) is 5.21. The van der Waals surface area contributed by atoms with Gasteiger partial charge in [0.15, 0.2) is 0 Å². The topological polar surface area (TPSA) is 84.9 Å². The number of esters is 1. The molecule has 0 spiro atoms. The molecule has 3 rings (SSSR count). The first-order chi connectivity index (χ1) is 12.6. The summed E-state index contributed by atoms with van der Waals surface area (Å²) >= 11 is 0. The van der Waals surface area contributed by atoms with Gasteiger partial charge in [0.1, 0.15) is 11.3 Å². The summed E-state index contributed by atoms with van der Waals surface area (Å²) < 4.78 is 10.6. The maximum atomic E-state index is 12.3. The number of carbonyl (C=O) groups is 2. The Morgan fingerprint density at radius 3 is 2.81 bits per heavy atom. The summed E-state index contributed by atoms with van der Waals surface area (Å²) in [6.07, 6.45) is 6.76. The zero-order valence-corrected chi connectivity index (χ0v) is 15.2. The van der Waals surface area contributed by atoms with Crippen molar-refractivity contribution in [1.29, 1.82) is 0 Å². The number of para-hydroxylation sites is 1. The van der Waals surface area contributed by atoms with Crippen LogP contribution in [-0.4, -0.2) is 36.6 Å². The molecule has 7 heteroatoms. The molecule has 2 N–H and O–H groups in total. The van der Waals surface area contributed by atoms with E-state index in [0.717, 1.165) is 18.4 Å². The normalized spacial score (nSPS) is 20.1. The quantitative estimate of drug-likeness (QED) is 0.622. The van der Waals surface area contributed by atoms with E-state index in [1.54, 1.807) is 19.1 Å². The van der Waals surface area contributed by atoms with Gasteiger partial charge in [-0.3, -0.25) is 4.79 Å². The van der Waals surface area contributed by atoms with Crippen molar-refractivity contribution >= 4 is 19.0 Å². The van der Waals surface area contributed by atoms with E-state index in [4.69, 9.17) is 9.39 Å². The van der Waals surface area contributed by atoms with Gasteiger partial charge in [0, 0.05) is 6.42 Å². The maximum absolute atomic E-state index is 12.3. The Labute approximate surface area is 154 Å². The second kappa shape index (κ2) is 8.58. The van der Waals surface area contributed by atoms with E-state index in [9.17, 15) is 14.6 Å². The molecule has 1 aliphatic carbocycles. The number of benzene rings is 1. The van der Waals surface area contributed by atoms with Crippen LogP contribution in [0.3, 0.4) is 0 Å². The third kappa shape index (κ3) is 4.39. The molecule has 1 aromatic rings. The minimum absolute atomic E-state index is 0.0467. The Balaban J connectivity index is 1.65. The van der Waals surface area contributed by atoms with Crippen LogP contribution in [-0.2, 0) is 16.0 Å². The summed E-state index contributed by atoms with van der Waals surface area (Å²) in [5, 5.41) is 13.2. The van der Waals surface area contributed by atoms with E-state index in [2.05, 4.69) is 5.32 Å². The van der Waals surface area contributed by atoms with Crippen molar-refractivity contribution < 1.29 is 24.0 Å². The highest BCUT2D eigenvalue weighted by Gasteiger charge is 2.38. The number of hydrogen-bond acceptors (Lipinski definition) is 5. The molecule has 1 heterocycles. The van der Waals surface area contributed by atoms with Gasteiger partial charge in [0.05, 0.1) is 12.5 Å². The van der Waals surface area contributed by atoms with Crippen molar-refractivity contribution in [1.82, 2.24) is 5.32 Å². The number of fused-ring (bicyclic) bond motifs is 1. The molecule has 0 bridgehead atoms. The Bertz CT molecular complexity index is 659. The first kappa shape index (κ1) is 18.8. The highest BCUT2D eigenvalue weighted by atomic mass is 16.5. The lowest BCUT2D eigenvalue weighted by atomic mass is 9.72. The van der Waals surface area contributed by atoms with Gasteiger partial charge in [0.25, 0.3) is 0 Å². The van der Waals surface area contributed by atoms with Crippen LogP contribution in [0.2, 0.25) is 0 Å². The number of nitrogens with one attached hydrogen (secondary N) is 1. The lowest BCUT2D eigenvalue weighted by molar-refractivity contribution is -0.122. The molecule has 0 radical (unpaired) electrons. The van der Waals surface area contributed by atoms with E-state index in [1.807, 2.05) is 6.07 Å². The van der Waals surface area contributed by atoms with Crippen LogP contribution < -0.4 is 9.97 Å². The van der Waals surface area contributed by atoms with Gasteiger partial charge in [0.2, 0.25) is 5.91 Å². The smallest absolute Gasteiger partial charge is 0.534 e. The number of amides is 1. The van der Waals surface area contributed by atoms with Crippen molar-refractivity contribution in [2.45, 2.75) is 57.8 Å². The monoisotopic (exact) mass is 359 g/mol. The van der Waals surface area contributed by atoms with Gasteiger partial charge in [-0.2, -0.15) is 0 Å². The molecule has 1 aromatic carbocycles. The van der Waals surface area contributed by atoms with Crippen LogP contribution in [0.5, 0.6) is 5.75 Å². The molecule has 1 saturated carbocycles. The van der Waals surface area contributed by atoms with Crippen molar-refractivity contribution in [3.8, 4) is 5.75 Å². The lowest BCUT2D eigenvalue weighted by Gasteiger charge is -2.30. The SMILES string of the molecule is CCOC(=O)c1cccc2c1OB(O)[C@@H](NC(=O)CC1CCCCC1)C2. The third-order valence-corrected chi connectivity index (χ3v) is 5.16. The first-order valence-electron chi connectivity index (χ1n) is 9.51. The van der Waals surface area contributed by atoms with Crippen molar-refractivity contribution in [3.63, 3.8) is 0 Å². The van der Waals surface area contributed by atoms with Gasteiger partial charge in [-0.1, -0.05) is 31.4 Å². The zero-order chi connectivity index (χ0) is 18.5. The molecule has 1 amide bonds. The molecule has 0 unspecified atom stereocenters. The molecule has 2 aliphatic rings. The van der Waals surface area contributed by atoms with E-state index < -0.39 is 19.0 Å². The summed E-state index contributed by atoms with van der Waals surface area (Å²) in [4.78, 5) is 24.4. The second-order valence-corrected chi connectivity index (χ2v) is 7.11. The number of ether oxygens (including phenoxy) is 1. The van der Waals surface area contributed by atoms with Crippen molar-refractivity contribution in [2.24, 2.45) is 5.92 Å². The predicted molar refractivity (Wildman–Crippen MR) is 97.8 cm³/mol. The number of hydrogen-bond donors (Lipinski definition) is 2. The van der Waals surface area contributed by atoms with Crippen LogP contribution in [0.15, 0.2) is 18.2 Å². The number of rotatable bonds is 5. The molecule has 1 fully saturated rings. The van der Waals surface area contributed by atoms with E-state index >= 15 is 0 Å². The molecule has 0 aromatic heterocycles. The Hall–Kier alpha value is -2.02. The van der Waals surface area contributed by atoms with Crippen molar-refractivity contribution in [3.05, 3.63) is 29.3 Å². The minimum atomic E-state index is -1.19. The van der Waals surface area contributed by atoms with Crippen LogP contribution in [0.4, 0.5) is 0 Å². The summed E-state index contributed by atoms with van der Waals surface area (Å²) in [5.74, 6) is -0.258. The maximum Gasteiger partial charge on any atom is 0.547 e. The van der Waals surface area contributed by atoms with E-state index in [-0.39, 0.29) is 12.5 Å². The van der Waals surface area contributed by atoms with Crippen LogP contribution in [0.25, 0.3) is 0 Å². The van der Waals surface area contributed by atoms with E-state index in [1.165, 1.54) is 19.3 Å².